The van der Waals surface area contributed by atoms with Gasteiger partial charge in [0.2, 0.25) is 0 Å². The second-order valence-corrected chi connectivity index (χ2v) is 3.58. The van der Waals surface area contributed by atoms with E-state index in [0.29, 0.717) is 5.56 Å². The number of hydrogen-bond donors (Lipinski definition) is 0. The number of halogens is 2. The first-order chi connectivity index (χ1) is 8.51. The van der Waals surface area contributed by atoms with Gasteiger partial charge in [0.25, 0.3) is 6.43 Å². The van der Waals surface area contributed by atoms with Crippen LogP contribution in [0.15, 0.2) is 6.20 Å². The van der Waals surface area contributed by atoms with Crippen molar-refractivity contribution in [1.82, 2.24) is 4.98 Å². The molecule has 1 aromatic heterocycles. The molecule has 0 saturated carbocycles. The zero-order chi connectivity index (χ0) is 13.7. The van der Waals surface area contributed by atoms with E-state index in [1.165, 1.54) is 6.20 Å². The van der Waals surface area contributed by atoms with Gasteiger partial charge in [-0.15, -0.1) is 0 Å². The summed E-state index contributed by atoms with van der Waals surface area (Å²) in [6, 6.07) is 1.61. The van der Waals surface area contributed by atoms with Gasteiger partial charge in [0.1, 0.15) is 11.8 Å². The van der Waals surface area contributed by atoms with Crippen molar-refractivity contribution in [3.63, 3.8) is 0 Å². The Morgan fingerprint density at radius 3 is 2.78 bits per heavy atom. The summed E-state index contributed by atoms with van der Waals surface area (Å²) in [6.45, 7) is 3.37. The molecule has 4 nitrogen and oxygen atoms in total. The van der Waals surface area contributed by atoms with Crippen LogP contribution in [0.5, 0.6) is 0 Å². The highest BCUT2D eigenvalue weighted by Crippen LogP contribution is 2.28. The van der Waals surface area contributed by atoms with Crippen molar-refractivity contribution >= 4 is 5.97 Å². The molecule has 0 atom stereocenters. The summed E-state index contributed by atoms with van der Waals surface area (Å²) in [4.78, 5) is 15.0. The molecule has 0 fully saturated rings. The summed E-state index contributed by atoms with van der Waals surface area (Å²) in [5.41, 5.74) is -0.271. The molecule has 0 N–H and O–H groups in total. The highest BCUT2D eigenvalue weighted by atomic mass is 19.3. The number of nitrogens with zero attached hydrogens (tertiary/aromatic N) is 2. The smallest absolute Gasteiger partial charge is 0.310 e. The molecule has 96 valence electrons. The number of aromatic nitrogens is 1. The van der Waals surface area contributed by atoms with Crippen molar-refractivity contribution in [3.05, 3.63) is 28.6 Å². The van der Waals surface area contributed by atoms with Gasteiger partial charge in [-0.3, -0.25) is 4.79 Å². The van der Waals surface area contributed by atoms with Crippen LogP contribution < -0.4 is 0 Å². The summed E-state index contributed by atoms with van der Waals surface area (Å²) >= 11 is 0. The lowest BCUT2D eigenvalue weighted by atomic mass is 9.99. The average molecular weight is 254 g/mol. The van der Waals surface area contributed by atoms with E-state index >= 15 is 0 Å². The molecular weight excluding hydrogens is 242 g/mol. The standard InChI is InChI=1S/C12H12F2N2O2/c1-3-18-10(17)4-8-7(2)6-16-9(5-15)11(8)12(13)14/h6,12H,3-4H2,1-2H3. The summed E-state index contributed by atoms with van der Waals surface area (Å²) in [5, 5.41) is 8.76. The molecule has 0 saturated heterocycles. The Labute approximate surface area is 103 Å². The Kier molecular flexibility index (Phi) is 4.72. The summed E-state index contributed by atoms with van der Waals surface area (Å²) in [5.74, 6) is -0.599. The molecule has 1 aromatic rings. The predicted molar refractivity (Wildman–Crippen MR) is 59.0 cm³/mol. The minimum atomic E-state index is -2.85. The fraction of sp³-hybridized carbons (Fsp3) is 0.417. The van der Waals surface area contributed by atoms with Crippen LogP contribution in [0.3, 0.4) is 0 Å². The lowest BCUT2D eigenvalue weighted by molar-refractivity contribution is -0.142. The Morgan fingerprint density at radius 2 is 2.28 bits per heavy atom. The first kappa shape index (κ1) is 14.0. The van der Waals surface area contributed by atoms with Crippen molar-refractivity contribution in [1.29, 1.82) is 5.26 Å². The van der Waals surface area contributed by atoms with Gasteiger partial charge >= 0.3 is 5.97 Å². The third kappa shape index (κ3) is 3.00. The third-order valence-corrected chi connectivity index (χ3v) is 2.39. The topological polar surface area (TPSA) is 63.0 Å². The molecule has 0 amide bonds. The van der Waals surface area contributed by atoms with Gasteiger partial charge in [-0.25, -0.2) is 13.8 Å². The van der Waals surface area contributed by atoms with E-state index < -0.39 is 18.0 Å². The van der Waals surface area contributed by atoms with Gasteiger partial charge in [-0.1, -0.05) is 0 Å². The fourth-order valence-corrected chi connectivity index (χ4v) is 1.58. The van der Waals surface area contributed by atoms with E-state index in [2.05, 4.69) is 4.98 Å². The van der Waals surface area contributed by atoms with Crippen LogP contribution in [0.4, 0.5) is 8.78 Å². The lowest BCUT2D eigenvalue weighted by Crippen LogP contribution is -2.12. The molecular formula is C12H12F2N2O2. The second-order valence-electron chi connectivity index (χ2n) is 3.58. The van der Waals surface area contributed by atoms with E-state index in [4.69, 9.17) is 10.00 Å². The highest BCUT2D eigenvalue weighted by molar-refractivity contribution is 5.74. The number of rotatable bonds is 4. The number of carbonyl (C=O) groups is 1. The van der Waals surface area contributed by atoms with E-state index in [1.54, 1.807) is 19.9 Å². The third-order valence-electron chi connectivity index (χ3n) is 2.39. The fourth-order valence-electron chi connectivity index (χ4n) is 1.58. The largest absolute Gasteiger partial charge is 0.466 e. The number of esters is 1. The van der Waals surface area contributed by atoms with Crippen LogP contribution in [0.1, 0.15) is 35.7 Å². The molecule has 1 rings (SSSR count). The molecule has 0 aromatic carbocycles. The average Bonchev–Trinajstić information content (AvgIpc) is 2.31. The van der Waals surface area contributed by atoms with Gasteiger partial charge in [-0.2, -0.15) is 5.26 Å². The predicted octanol–water partition coefficient (Wildman–Crippen LogP) is 2.30. The number of aryl methyl sites for hydroxylation is 1. The number of pyridine rings is 1. The number of carbonyl (C=O) groups excluding carboxylic acids is 1. The molecule has 6 heteroatoms. The van der Waals surface area contributed by atoms with Gasteiger partial charge in [0.15, 0.2) is 0 Å². The second kappa shape index (κ2) is 6.05. The first-order valence-corrected chi connectivity index (χ1v) is 5.33. The van der Waals surface area contributed by atoms with Crippen molar-refractivity contribution in [3.8, 4) is 6.07 Å². The molecule has 0 spiro atoms. The number of alkyl halides is 2. The summed E-state index contributed by atoms with van der Waals surface area (Å²) in [6.07, 6.45) is -1.83. The Bertz CT molecular complexity index is 496. The quantitative estimate of drug-likeness (QED) is 0.773. The lowest BCUT2D eigenvalue weighted by Gasteiger charge is -2.12. The van der Waals surface area contributed by atoms with Crippen LogP contribution in [-0.2, 0) is 16.0 Å². The van der Waals surface area contributed by atoms with E-state index in [-0.39, 0.29) is 24.3 Å². The van der Waals surface area contributed by atoms with Gasteiger partial charge in [-0.05, 0) is 25.0 Å². The van der Waals surface area contributed by atoms with Crippen LogP contribution in [-0.4, -0.2) is 17.6 Å². The van der Waals surface area contributed by atoms with Crippen LogP contribution in [0.25, 0.3) is 0 Å². The number of nitriles is 1. The molecule has 0 bridgehead atoms. The van der Waals surface area contributed by atoms with Gasteiger partial charge in [0, 0.05) is 6.20 Å². The van der Waals surface area contributed by atoms with Gasteiger partial charge in [0.05, 0.1) is 18.6 Å². The van der Waals surface area contributed by atoms with Gasteiger partial charge < -0.3 is 4.74 Å². The molecule has 18 heavy (non-hydrogen) atoms. The Hall–Kier alpha value is -2.03. The van der Waals surface area contributed by atoms with Crippen LogP contribution in [0, 0.1) is 18.3 Å². The molecule has 0 radical (unpaired) electrons. The molecule has 0 aliphatic heterocycles. The van der Waals surface area contributed by atoms with E-state index in [1.807, 2.05) is 0 Å². The van der Waals surface area contributed by atoms with Crippen molar-refractivity contribution in [2.24, 2.45) is 0 Å². The number of ether oxygens (including phenoxy) is 1. The summed E-state index contributed by atoms with van der Waals surface area (Å²) in [7, 11) is 0. The number of hydrogen-bond acceptors (Lipinski definition) is 4. The zero-order valence-corrected chi connectivity index (χ0v) is 10.0. The normalized spacial score (nSPS) is 10.2. The van der Waals surface area contributed by atoms with E-state index in [9.17, 15) is 13.6 Å². The minimum Gasteiger partial charge on any atom is -0.466 e. The van der Waals surface area contributed by atoms with Crippen molar-refractivity contribution in [2.75, 3.05) is 6.61 Å². The SMILES string of the molecule is CCOC(=O)Cc1c(C)cnc(C#N)c1C(F)F. The molecule has 0 unspecified atom stereocenters. The van der Waals surface area contributed by atoms with E-state index in [0.717, 1.165) is 0 Å². The molecule has 0 aliphatic rings. The van der Waals surface area contributed by atoms with Crippen LogP contribution >= 0.6 is 0 Å². The van der Waals surface area contributed by atoms with Crippen molar-refractivity contribution in [2.45, 2.75) is 26.7 Å². The molecule has 0 aliphatic carbocycles. The Balaban J connectivity index is 3.24. The van der Waals surface area contributed by atoms with Crippen LogP contribution in [0.2, 0.25) is 0 Å². The highest BCUT2D eigenvalue weighted by Gasteiger charge is 2.22. The first-order valence-electron chi connectivity index (χ1n) is 5.33. The molecule has 1 heterocycles. The minimum absolute atomic E-state index is 0.120. The maximum Gasteiger partial charge on any atom is 0.310 e. The van der Waals surface area contributed by atoms with Crippen molar-refractivity contribution < 1.29 is 18.3 Å². The summed E-state index contributed by atoms with van der Waals surface area (Å²) < 4.78 is 30.6. The monoisotopic (exact) mass is 254 g/mol. The zero-order valence-electron chi connectivity index (χ0n) is 10.0. The maximum atomic E-state index is 12.9. The Morgan fingerprint density at radius 1 is 1.61 bits per heavy atom. The maximum absolute atomic E-state index is 12.9.